The highest BCUT2D eigenvalue weighted by Crippen LogP contribution is 2.32. The van der Waals surface area contributed by atoms with E-state index in [9.17, 15) is 13.2 Å². The highest BCUT2D eigenvalue weighted by Gasteiger charge is 2.32. The molecule has 0 aliphatic rings. The van der Waals surface area contributed by atoms with Gasteiger partial charge in [-0.05, 0) is 23.8 Å². The predicted molar refractivity (Wildman–Crippen MR) is 71.8 cm³/mol. The van der Waals surface area contributed by atoms with Crippen LogP contribution in [0.25, 0.3) is 0 Å². The molecule has 0 fully saturated rings. The van der Waals surface area contributed by atoms with Crippen LogP contribution in [0.5, 0.6) is 5.75 Å². The third-order valence-electron chi connectivity index (χ3n) is 2.77. The van der Waals surface area contributed by atoms with E-state index in [0.717, 1.165) is 11.6 Å². The van der Waals surface area contributed by atoms with Crippen molar-refractivity contribution in [1.82, 2.24) is 0 Å². The maximum atomic E-state index is 12.8. The van der Waals surface area contributed by atoms with Gasteiger partial charge in [0.25, 0.3) is 0 Å². The van der Waals surface area contributed by atoms with Gasteiger partial charge in [0, 0.05) is 11.4 Å². The molecule has 0 unspecified atom stereocenters. The Morgan fingerprint density at radius 2 is 1.75 bits per heavy atom. The van der Waals surface area contributed by atoms with E-state index in [2.05, 4.69) is 0 Å². The van der Waals surface area contributed by atoms with E-state index in [-0.39, 0.29) is 12.2 Å². The van der Waals surface area contributed by atoms with Gasteiger partial charge in [-0.3, -0.25) is 0 Å². The Hall–Kier alpha value is -1.68. The molecule has 0 atom stereocenters. The van der Waals surface area contributed by atoms with Gasteiger partial charge in [-0.2, -0.15) is 13.2 Å². The zero-order valence-electron chi connectivity index (χ0n) is 10.5. The molecule has 0 radical (unpaired) electrons. The number of ether oxygens (including phenoxy) is 1. The van der Waals surface area contributed by atoms with Gasteiger partial charge in [-0.15, -0.1) is 11.6 Å². The van der Waals surface area contributed by atoms with E-state index >= 15 is 0 Å². The maximum Gasteiger partial charge on any atom is 0.416 e. The second-order valence-corrected chi connectivity index (χ2v) is 4.49. The smallest absolute Gasteiger partial charge is 0.416 e. The SMILES string of the molecule is FC(F)(F)c1ccccc1COc1cccc(CCl)c1. The zero-order valence-corrected chi connectivity index (χ0v) is 11.2. The molecule has 0 spiro atoms. The minimum absolute atomic E-state index is 0.108. The normalized spacial score (nSPS) is 11.4. The first-order valence-electron chi connectivity index (χ1n) is 5.93. The molecule has 20 heavy (non-hydrogen) atoms. The predicted octanol–water partition coefficient (Wildman–Crippen LogP) is 5.02. The van der Waals surface area contributed by atoms with Crippen LogP contribution < -0.4 is 4.74 Å². The van der Waals surface area contributed by atoms with Crippen molar-refractivity contribution in [2.24, 2.45) is 0 Å². The molecule has 0 aliphatic heterocycles. The fourth-order valence-electron chi connectivity index (χ4n) is 1.80. The molecule has 0 saturated carbocycles. The van der Waals surface area contributed by atoms with Crippen molar-refractivity contribution in [3.05, 3.63) is 65.2 Å². The fraction of sp³-hybridized carbons (Fsp3) is 0.200. The molecule has 0 aromatic heterocycles. The highest BCUT2D eigenvalue weighted by atomic mass is 35.5. The first-order valence-corrected chi connectivity index (χ1v) is 6.47. The third kappa shape index (κ3) is 3.67. The Bertz CT molecular complexity index is 581. The summed E-state index contributed by atoms with van der Waals surface area (Å²) >= 11 is 5.70. The Kier molecular flexibility index (Phi) is 4.55. The van der Waals surface area contributed by atoms with Gasteiger partial charge in [0.05, 0.1) is 5.56 Å². The summed E-state index contributed by atoms with van der Waals surface area (Å²) in [6, 6.07) is 12.4. The average Bonchev–Trinajstić information content (AvgIpc) is 2.44. The average molecular weight is 301 g/mol. The van der Waals surface area contributed by atoms with Crippen molar-refractivity contribution in [3.8, 4) is 5.75 Å². The molecule has 2 aromatic rings. The minimum Gasteiger partial charge on any atom is -0.489 e. The lowest BCUT2D eigenvalue weighted by Crippen LogP contribution is -2.10. The van der Waals surface area contributed by atoms with Crippen molar-refractivity contribution < 1.29 is 17.9 Å². The van der Waals surface area contributed by atoms with Crippen molar-refractivity contribution in [2.45, 2.75) is 18.7 Å². The number of benzene rings is 2. The maximum absolute atomic E-state index is 12.8. The molecule has 1 nitrogen and oxygen atoms in total. The van der Waals surface area contributed by atoms with Crippen LogP contribution in [0.2, 0.25) is 0 Å². The van der Waals surface area contributed by atoms with Gasteiger partial charge in [0.15, 0.2) is 0 Å². The lowest BCUT2D eigenvalue weighted by atomic mass is 10.1. The van der Waals surface area contributed by atoms with E-state index in [0.29, 0.717) is 11.6 Å². The molecule has 0 saturated heterocycles. The van der Waals surface area contributed by atoms with Crippen LogP contribution in [0.3, 0.4) is 0 Å². The van der Waals surface area contributed by atoms with Crippen molar-refractivity contribution in [3.63, 3.8) is 0 Å². The van der Waals surface area contributed by atoms with Crippen LogP contribution in [0, 0.1) is 0 Å². The van der Waals surface area contributed by atoms with E-state index in [4.69, 9.17) is 16.3 Å². The number of rotatable bonds is 4. The topological polar surface area (TPSA) is 9.23 Å². The Balaban J connectivity index is 2.15. The summed E-state index contributed by atoms with van der Waals surface area (Å²) in [5.41, 5.74) is 0.290. The number of hydrogen-bond donors (Lipinski definition) is 0. The molecule has 5 heteroatoms. The second-order valence-electron chi connectivity index (χ2n) is 4.22. The summed E-state index contributed by atoms with van der Waals surface area (Å²) < 4.78 is 43.9. The van der Waals surface area contributed by atoms with Crippen LogP contribution in [-0.4, -0.2) is 0 Å². The van der Waals surface area contributed by atoms with Gasteiger partial charge in [-0.25, -0.2) is 0 Å². The van der Waals surface area contributed by atoms with Crippen molar-refractivity contribution >= 4 is 11.6 Å². The van der Waals surface area contributed by atoms with E-state index in [1.165, 1.54) is 12.1 Å². The largest absolute Gasteiger partial charge is 0.489 e. The van der Waals surface area contributed by atoms with E-state index < -0.39 is 11.7 Å². The minimum atomic E-state index is -4.38. The standard InChI is InChI=1S/C15H12ClF3O/c16-9-11-4-3-6-13(8-11)20-10-12-5-1-2-7-14(12)15(17,18)19/h1-8H,9-10H2. The summed E-state index contributed by atoms with van der Waals surface area (Å²) in [4.78, 5) is 0. The van der Waals surface area contributed by atoms with Crippen molar-refractivity contribution in [1.29, 1.82) is 0 Å². The summed E-state index contributed by atoms with van der Waals surface area (Å²) in [6.07, 6.45) is -4.38. The molecule has 0 aliphatic carbocycles. The Morgan fingerprint density at radius 1 is 1.00 bits per heavy atom. The molecule has 2 rings (SSSR count). The molecule has 0 heterocycles. The van der Waals surface area contributed by atoms with Crippen LogP contribution >= 0.6 is 11.6 Å². The lowest BCUT2D eigenvalue weighted by molar-refractivity contribution is -0.138. The van der Waals surface area contributed by atoms with Gasteiger partial charge < -0.3 is 4.74 Å². The molecular weight excluding hydrogens is 289 g/mol. The monoisotopic (exact) mass is 300 g/mol. The first kappa shape index (κ1) is 14.7. The molecule has 2 aromatic carbocycles. The summed E-state index contributed by atoms with van der Waals surface area (Å²) in [5, 5.41) is 0. The number of alkyl halides is 4. The highest BCUT2D eigenvalue weighted by molar-refractivity contribution is 6.17. The van der Waals surface area contributed by atoms with E-state index in [1.807, 2.05) is 6.07 Å². The van der Waals surface area contributed by atoms with Crippen LogP contribution in [0.15, 0.2) is 48.5 Å². The number of hydrogen-bond acceptors (Lipinski definition) is 1. The van der Waals surface area contributed by atoms with Crippen LogP contribution in [-0.2, 0) is 18.7 Å². The zero-order chi connectivity index (χ0) is 14.6. The van der Waals surface area contributed by atoms with Gasteiger partial charge >= 0.3 is 6.18 Å². The molecule has 106 valence electrons. The Morgan fingerprint density at radius 3 is 2.45 bits per heavy atom. The second kappa shape index (κ2) is 6.18. The van der Waals surface area contributed by atoms with Gasteiger partial charge in [-0.1, -0.05) is 30.3 Å². The Labute approximate surface area is 119 Å². The third-order valence-corrected chi connectivity index (χ3v) is 3.08. The first-order chi connectivity index (χ1) is 9.50. The van der Waals surface area contributed by atoms with Gasteiger partial charge in [0.1, 0.15) is 12.4 Å². The molecular formula is C15H12ClF3O. The molecule has 0 N–H and O–H groups in total. The quantitative estimate of drug-likeness (QED) is 0.720. The summed E-state index contributed by atoms with van der Waals surface area (Å²) in [5.74, 6) is 0.830. The lowest BCUT2D eigenvalue weighted by Gasteiger charge is -2.13. The molecule has 0 bridgehead atoms. The summed E-state index contributed by atoms with van der Waals surface area (Å²) in [6.45, 7) is -0.137. The van der Waals surface area contributed by atoms with Crippen LogP contribution in [0.4, 0.5) is 13.2 Å². The molecule has 0 amide bonds. The number of halogens is 4. The summed E-state index contributed by atoms with van der Waals surface area (Å²) in [7, 11) is 0. The van der Waals surface area contributed by atoms with Crippen molar-refractivity contribution in [2.75, 3.05) is 0 Å². The van der Waals surface area contributed by atoms with Crippen LogP contribution in [0.1, 0.15) is 16.7 Å². The van der Waals surface area contributed by atoms with E-state index in [1.54, 1.807) is 24.3 Å². The fourth-order valence-corrected chi connectivity index (χ4v) is 1.97. The van der Waals surface area contributed by atoms with Gasteiger partial charge in [0.2, 0.25) is 0 Å².